The van der Waals surface area contributed by atoms with E-state index in [2.05, 4.69) is 4.98 Å². The molecule has 0 atom stereocenters. The molecule has 0 saturated carbocycles. The summed E-state index contributed by atoms with van der Waals surface area (Å²) in [6, 6.07) is 1.58. The average molecular weight is 224 g/mol. The number of Topliss-reactive ketones (excluding diaryl/α,β-unsaturated/α-hetero) is 1. The first kappa shape index (κ1) is 12.4. The zero-order valence-corrected chi connectivity index (χ0v) is 9.82. The van der Waals surface area contributed by atoms with Gasteiger partial charge in [-0.15, -0.1) is 0 Å². The third-order valence-corrected chi connectivity index (χ3v) is 2.15. The van der Waals surface area contributed by atoms with Gasteiger partial charge in [0.1, 0.15) is 0 Å². The van der Waals surface area contributed by atoms with E-state index in [1.807, 2.05) is 6.92 Å². The van der Waals surface area contributed by atoms with Crippen molar-refractivity contribution in [3.05, 3.63) is 22.1 Å². The van der Waals surface area contributed by atoms with Crippen LogP contribution in [-0.4, -0.2) is 22.4 Å². The normalized spacial score (nSPS) is 10.2. The van der Waals surface area contributed by atoms with Crippen molar-refractivity contribution in [3.8, 4) is 6.01 Å². The molecule has 1 heterocycles. The highest BCUT2D eigenvalue weighted by atomic mass is 16.5. The van der Waals surface area contributed by atoms with Crippen molar-refractivity contribution >= 4 is 5.78 Å². The molecule has 0 N–H and O–H groups in total. The number of aromatic nitrogens is 2. The number of ketones is 1. The molecular weight excluding hydrogens is 208 g/mol. The molecule has 0 saturated heterocycles. The maximum absolute atomic E-state index is 11.7. The van der Waals surface area contributed by atoms with E-state index in [0.717, 1.165) is 6.42 Å². The highest BCUT2D eigenvalue weighted by Gasteiger charge is 2.10. The molecule has 16 heavy (non-hydrogen) atoms. The molecule has 0 aliphatic heterocycles. The smallest absolute Gasteiger partial charge is 0.299 e. The molecule has 1 aromatic rings. The standard InChI is InChI=1S/C11H16N2O3/c1-4-5-9(14)7-13-10(15)6-8(2)12-11(13)16-3/h6H,4-5,7H2,1-3H3. The van der Waals surface area contributed by atoms with Gasteiger partial charge >= 0.3 is 0 Å². The Morgan fingerprint density at radius 2 is 2.25 bits per heavy atom. The van der Waals surface area contributed by atoms with Gasteiger partial charge in [-0.2, -0.15) is 0 Å². The average Bonchev–Trinajstić information content (AvgIpc) is 2.22. The summed E-state index contributed by atoms with van der Waals surface area (Å²) in [5, 5.41) is 0. The number of rotatable bonds is 5. The summed E-state index contributed by atoms with van der Waals surface area (Å²) in [6.45, 7) is 3.66. The lowest BCUT2D eigenvalue weighted by atomic mass is 10.2. The molecule has 0 fully saturated rings. The molecule has 88 valence electrons. The third-order valence-electron chi connectivity index (χ3n) is 2.15. The van der Waals surface area contributed by atoms with Gasteiger partial charge in [0, 0.05) is 18.2 Å². The van der Waals surface area contributed by atoms with Crippen LogP contribution in [0.3, 0.4) is 0 Å². The summed E-state index contributed by atoms with van der Waals surface area (Å²) in [4.78, 5) is 27.2. The number of hydrogen-bond acceptors (Lipinski definition) is 4. The van der Waals surface area contributed by atoms with Gasteiger partial charge < -0.3 is 4.74 Å². The van der Waals surface area contributed by atoms with Crippen molar-refractivity contribution < 1.29 is 9.53 Å². The van der Waals surface area contributed by atoms with Gasteiger partial charge in [0.15, 0.2) is 5.78 Å². The van der Waals surface area contributed by atoms with E-state index in [-0.39, 0.29) is 23.9 Å². The zero-order valence-electron chi connectivity index (χ0n) is 9.82. The fourth-order valence-electron chi connectivity index (χ4n) is 1.43. The largest absolute Gasteiger partial charge is 0.468 e. The number of hydrogen-bond donors (Lipinski definition) is 0. The number of aryl methyl sites for hydroxylation is 1. The molecule has 1 aromatic heterocycles. The lowest BCUT2D eigenvalue weighted by Gasteiger charge is -2.09. The lowest BCUT2D eigenvalue weighted by molar-refractivity contribution is -0.119. The second kappa shape index (κ2) is 5.44. The minimum absolute atomic E-state index is 0.00792. The monoisotopic (exact) mass is 224 g/mol. The van der Waals surface area contributed by atoms with Crippen LogP contribution in [0.5, 0.6) is 6.01 Å². The lowest BCUT2D eigenvalue weighted by Crippen LogP contribution is -2.26. The topological polar surface area (TPSA) is 61.2 Å². The summed E-state index contributed by atoms with van der Waals surface area (Å²) < 4.78 is 6.24. The van der Waals surface area contributed by atoms with Gasteiger partial charge in [0.2, 0.25) is 0 Å². The highest BCUT2D eigenvalue weighted by molar-refractivity contribution is 5.78. The predicted molar refractivity (Wildman–Crippen MR) is 59.7 cm³/mol. The second-order valence-corrected chi connectivity index (χ2v) is 3.60. The minimum Gasteiger partial charge on any atom is -0.468 e. The van der Waals surface area contributed by atoms with Crippen LogP contribution in [0.4, 0.5) is 0 Å². The molecule has 1 rings (SSSR count). The predicted octanol–water partition coefficient (Wildman–Crippen LogP) is 0.930. The van der Waals surface area contributed by atoms with Crippen LogP contribution in [0.1, 0.15) is 25.5 Å². The van der Waals surface area contributed by atoms with E-state index in [1.165, 1.54) is 17.7 Å². The van der Waals surface area contributed by atoms with Crippen molar-refractivity contribution in [2.24, 2.45) is 0 Å². The molecule has 0 unspecified atom stereocenters. The Morgan fingerprint density at radius 3 is 2.81 bits per heavy atom. The summed E-state index contributed by atoms with van der Waals surface area (Å²) in [5.41, 5.74) is 0.329. The third kappa shape index (κ3) is 2.92. The maximum Gasteiger partial charge on any atom is 0.299 e. The fourth-order valence-corrected chi connectivity index (χ4v) is 1.43. The summed E-state index contributed by atoms with van der Waals surface area (Å²) in [7, 11) is 1.43. The Bertz CT molecular complexity index is 437. The van der Waals surface area contributed by atoms with Crippen LogP contribution in [0.2, 0.25) is 0 Å². The quantitative estimate of drug-likeness (QED) is 0.746. The molecule has 5 heteroatoms. The van der Waals surface area contributed by atoms with Crippen LogP contribution < -0.4 is 10.3 Å². The Morgan fingerprint density at radius 1 is 1.56 bits per heavy atom. The zero-order chi connectivity index (χ0) is 12.1. The second-order valence-electron chi connectivity index (χ2n) is 3.60. The van der Waals surface area contributed by atoms with E-state index in [9.17, 15) is 9.59 Å². The van der Waals surface area contributed by atoms with E-state index < -0.39 is 0 Å². The fraction of sp³-hybridized carbons (Fsp3) is 0.545. The molecule has 0 amide bonds. The highest BCUT2D eigenvalue weighted by Crippen LogP contribution is 2.05. The first-order valence-electron chi connectivity index (χ1n) is 5.22. The number of nitrogens with zero attached hydrogens (tertiary/aromatic N) is 2. The maximum atomic E-state index is 11.7. The number of methoxy groups -OCH3 is 1. The summed E-state index contributed by atoms with van der Waals surface area (Å²) in [5.74, 6) is 0.00792. The first-order valence-corrected chi connectivity index (χ1v) is 5.22. The van der Waals surface area contributed by atoms with Crippen LogP contribution in [-0.2, 0) is 11.3 Å². The summed E-state index contributed by atoms with van der Waals surface area (Å²) >= 11 is 0. The number of carbonyl (C=O) groups is 1. The van der Waals surface area contributed by atoms with E-state index in [0.29, 0.717) is 12.1 Å². The molecule has 0 spiro atoms. The Labute approximate surface area is 94.1 Å². The van der Waals surface area contributed by atoms with Crippen molar-refractivity contribution in [2.75, 3.05) is 7.11 Å². The van der Waals surface area contributed by atoms with Crippen LogP contribution in [0, 0.1) is 6.92 Å². The summed E-state index contributed by atoms with van der Waals surface area (Å²) in [6.07, 6.45) is 1.23. The van der Waals surface area contributed by atoms with Crippen molar-refractivity contribution in [1.82, 2.24) is 9.55 Å². The molecular formula is C11H16N2O3. The van der Waals surface area contributed by atoms with Crippen molar-refractivity contribution in [3.63, 3.8) is 0 Å². The van der Waals surface area contributed by atoms with Gasteiger partial charge in [-0.05, 0) is 13.3 Å². The number of carbonyl (C=O) groups excluding carboxylic acids is 1. The van der Waals surface area contributed by atoms with Gasteiger partial charge in [0.25, 0.3) is 11.6 Å². The van der Waals surface area contributed by atoms with Gasteiger partial charge in [-0.1, -0.05) is 6.92 Å². The Balaban J connectivity index is 3.03. The van der Waals surface area contributed by atoms with E-state index >= 15 is 0 Å². The van der Waals surface area contributed by atoms with E-state index in [4.69, 9.17) is 4.74 Å². The Kier molecular flexibility index (Phi) is 4.22. The van der Waals surface area contributed by atoms with Gasteiger partial charge in [-0.25, -0.2) is 4.98 Å². The van der Waals surface area contributed by atoms with Gasteiger partial charge in [0.05, 0.1) is 13.7 Å². The molecule has 0 aliphatic rings. The van der Waals surface area contributed by atoms with Crippen LogP contribution in [0.25, 0.3) is 0 Å². The van der Waals surface area contributed by atoms with E-state index in [1.54, 1.807) is 6.92 Å². The molecule has 0 bridgehead atoms. The van der Waals surface area contributed by atoms with Crippen LogP contribution in [0.15, 0.2) is 10.9 Å². The molecule has 0 aliphatic carbocycles. The first-order chi connectivity index (χ1) is 7.58. The van der Waals surface area contributed by atoms with Crippen LogP contribution >= 0.6 is 0 Å². The molecule has 0 radical (unpaired) electrons. The Hall–Kier alpha value is -1.65. The molecule has 5 nitrogen and oxygen atoms in total. The molecule has 0 aromatic carbocycles. The minimum atomic E-state index is -0.256. The SMILES string of the molecule is CCCC(=O)Cn1c(OC)nc(C)cc1=O. The van der Waals surface area contributed by atoms with Crippen molar-refractivity contribution in [1.29, 1.82) is 0 Å². The van der Waals surface area contributed by atoms with Crippen molar-refractivity contribution in [2.45, 2.75) is 33.2 Å². The number of ether oxygens (including phenoxy) is 1. The van der Waals surface area contributed by atoms with Gasteiger partial charge in [-0.3, -0.25) is 14.2 Å².